The minimum Gasteiger partial charge on any atom is -0.472 e. The van der Waals surface area contributed by atoms with Gasteiger partial charge in [0.25, 0.3) is 5.91 Å². The third-order valence-corrected chi connectivity index (χ3v) is 5.65. The van der Waals surface area contributed by atoms with Gasteiger partial charge in [-0.2, -0.15) is 0 Å². The number of piperidine rings is 1. The normalized spacial score (nSPS) is 24.5. The highest BCUT2D eigenvalue weighted by Gasteiger charge is 2.38. The van der Waals surface area contributed by atoms with Crippen molar-refractivity contribution in [1.82, 2.24) is 9.80 Å². The van der Waals surface area contributed by atoms with E-state index in [1.54, 1.807) is 6.07 Å². The summed E-state index contributed by atoms with van der Waals surface area (Å²) >= 11 is 0. The molecule has 0 radical (unpaired) electrons. The second-order valence-corrected chi connectivity index (χ2v) is 7.53. The zero-order valence-electron chi connectivity index (χ0n) is 14.6. The first-order valence-corrected chi connectivity index (χ1v) is 9.42. The number of carbonyl (C=O) groups excluding carboxylic acids is 2. The van der Waals surface area contributed by atoms with Crippen molar-refractivity contribution in [2.75, 3.05) is 32.8 Å². The molecule has 6 heteroatoms. The molecule has 1 saturated carbocycles. The molecular weight excluding hydrogens is 320 g/mol. The summed E-state index contributed by atoms with van der Waals surface area (Å²) in [6.07, 6.45) is 7.85. The molecular formula is C19H26N2O4. The Labute approximate surface area is 148 Å². The van der Waals surface area contributed by atoms with Gasteiger partial charge in [0.2, 0.25) is 5.91 Å². The van der Waals surface area contributed by atoms with Gasteiger partial charge >= 0.3 is 0 Å². The number of carbonyl (C=O) groups is 2. The maximum atomic E-state index is 13.0. The molecule has 1 atom stereocenters. The summed E-state index contributed by atoms with van der Waals surface area (Å²) in [5.41, 5.74) is 0.589. The van der Waals surface area contributed by atoms with E-state index in [9.17, 15) is 9.59 Å². The SMILES string of the molecule is O=C(c1ccoc1)N1CCC(C(=O)N(C[C@@H]2CCOC2)C2CC2)CC1. The van der Waals surface area contributed by atoms with Crippen LogP contribution < -0.4 is 0 Å². The van der Waals surface area contributed by atoms with Gasteiger partial charge < -0.3 is 19.0 Å². The first-order valence-electron chi connectivity index (χ1n) is 9.42. The van der Waals surface area contributed by atoms with E-state index in [0.29, 0.717) is 36.5 Å². The number of ether oxygens (including phenoxy) is 1. The van der Waals surface area contributed by atoms with Crippen molar-refractivity contribution in [2.45, 2.75) is 38.1 Å². The zero-order chi connectivity index (χ0) is 17.2. The lowest BCUT2D eigenvalue weighted by molar-refractivity contribution is -0.138. The van der Waals surface area contributed by atoms with Gasteiger partial charge in [0.1, 0.15) is 6.26 Å². The minimum atomic E-state index is 0.00167. The molecule has 2 saturated heterocycles. The maximum absolute atomic E-state index is 13.0. The Morgan fingerprint density at radius 2 is 1.96 bits per heavy atom. The third kappa shape index (κ3) is 3.73. The van der Waals surface area contributed by atoms with Crippen molar-refractivity contribution in [2.24, 2.45) is 11.8 Å². The van der Waals surface area contributed by atoms with Crippen LogP contribution in [0.3, 0.4) is 0 Å². The van der Waals surface area contributed by atoms with E-state index in [0.717, 1.165) is 51.9 Å². The molecule has 3 fully saturated rings. The maximum Gasteiger partial charge on any atom is 0.257 e. The second kappa shape index (κ2) is 7.20. The van der Waals surface area contributed by atoms with E-state index in [4.69, 9.17) is 9.15 Å². The summed E-state index contributed by atoms with van der Waals surface area (Å²) < 4.78 is 10.5. The fraction of sp³-hybridized carbons (Fsp3) is 0.684. The molecule has 136 valence electrons. The Morgan fingerprint density at radius 1 is 1.16 bits per heavy atom. The minimum absolute atomic E-state index is 0.00167. The molecule has 1 aromatic rings. The van der Waals surface area contributed by atoms with Crippen LogP contribution in [0.5, 0.6) is 0 Å². The first kappa shape index (κ1) is 16.6. The summed E-state index contributed by atoms with van der Waals surface area (Å²) in [7, 11) is 0. The largest absolute Gasteiger partial charge is 0.472 e. The molecule has 3 heterocycles. The molecule has 0 N–H and O–H groups in total. The third-order valence-electron chi connectivity index (χ3n) is 5.65. The van der Waals surface area contributed by atoms with Crippen LogP contribution in [-0.4, -0.2) is 60.5 Å². The van der Waals surface area contributed by atoms with E-state index in [1.165, 1.54) is 12.5 Å². The molecule has 6 nitrogen and oxygen atoms in total. The first-order chi connectivity index (χ1) is 12.2. The molecule has 0 aromatic carbocycles. The van der Waals surface area contributed by atoms with Gasteiger partial charge in [-0.15, -0.1) is 0 Å². The van der Waals surface area contributed by atoms with Crippen LogP contribution in [0.4, 0.5) is 0 Å². The lowest BCUT2D eigenvalue weighted by Crippen LogP contribution is -2.46. The number of likely N-dealkylation sites (tertiary alicyclic amines) is 1. The predicted octanol–water partition coefficient (Wildman–Crippen LogP) is 2.16. The number of nitrogens with zero attached hydrogens (tertiary/aromatic N) is 2. The lowest BCUT2D eigenvalue weighted by atomic mass is 9.94. The fourth-order valence-electron chi connectivity index (χ4n) is 3.94. The highest BCUT2D eigenvalue weighted by molar-refractivity contribution is 5.94. The lowest BCUT2D eigenvalue weighted by Gasteiger charge is -2.35. The highest BCUT2D eigenvalue weighted by Crippen LogP contribution is 2.32. The standard InChI is InChI=1S/C19H26N2O4/c22-18(16-6-10-25-13-16)20-7-3-15(4-8-20)19(23)21(17-1-2-17)11-14-5-9-24-12-14/h6,10,13-15,17H,1-5,7-9,11-12H2/t14-/m0/s1. The van der Waals surface area contributed by atoms with Crippen molar-refractivity contribution >= 4 is 11.8 Å². The summed E-state index contributed by atoms with van der Waals surface area (Å²) in [4.78, 5) is 29.4. The van der Waals surface area contributed by atoms with E-state index >= 15 is 0 Å². The second-order valence-electron chi connectivity index (χ2n) is 7.53. The molecule has 1 aliphatic carbocycles. The smallest absolute Gasteiger partial charge is 0.257 e. The number of hydrogen-bond acceptors (Lipinski definition) is 4. The Bertz CT molecular complexity index is 597. The van der Waals surface area contributed by atoms with Gasteiger partial charge in [-0.1, -0.05) is 0 Å². The molecule has 1 aromatic heterocycles. The molecule has 2 amide bonds. The Balaban J connectivity index is 1.32. The molecule has 0 spiro atoms. The number of hydrogen-bond donors (Lipinski definition) is 0. The monoisotopic (exact) mass is 346 g/mol. The Kier molecular flexibility index (Phi) is 4.79. The molecule has 0 unspecified atom stereocenters. The van der Waals surface area contributed by atoms with Gasteiger partial charge in [-0.25, -0.2) is 0 Å². The van der Waals surface area contributed by atoms with Crippen molar-refractivity contribution in [3.63, 3.8) is 0 Å². The van der Waals surface area contributed by atoms with Crippen LogP contribution >= 0.6 is 0 Å². The summed E-state index contributed by atoms with van der Waals surface area (Å²) in [5, 5.41) is 0. The van der Waals surface area contributed by atoms with Crippen LogP contribution in [0.2, 0.25) is 0 Å². The van der Waals surface area contributed by atoms with Gasteiger partial charge in [-0.05, 0) is 38.2 Å². The van der Waals surface area contributed by atoms with Crippen LogP contribution in [0.25, 0.3) is 0 Å². The van der Waals surface area contributed by atoms with E-state index in [2.05, 4.69) is 4.90 Å². The summed E-state index contributed by atoms with van der Waals surface area (Å²) in [6.45, 7) is 3.74. The Morgan fingerprint density at radius 3 is 2.56 bits per heavy atom. The zero-order valence-corrected chi connectivity index (χ0v) is 14.6. The topological polar surface area (TPSA) is 63.0 Å². The Hall–Kier alpha value is -1.82. The molecule has 4 rings (SSSR count). The highest BCUT2D eigenvalue weighted by atomic mass is 16.5. The average Bonchev–Trinajstić information content (AvgIpc) is 3.13. The quantitative estimate of drug-likeness (QED) is 0.820. The van der Waals surface area contributed by atoms with Crippen LogP contribution in [-0.2, 0) is 9.53 Å². The molecule has 2 aliphatic heterocycles. The molecule has 25 heavy (non-hydrogen) atoms. The van der Waals surface area contributed by atoms with Crippen LogP contribution in [0, 0.1) is 11.8 Å². The van der Waals surface area contributed by atoms with E-state index in [-0.39, 0.29) is 11.8 Å². The van der Waals surface area contributed by atoms with E-state index in [1.807, 2.05) is 4.90 Å². The van der Waals surface area contributed by atoms with Crippen molar-refractivity contribution in [3.05, 3.63) is 24.2 Å². The van der Waals surface area contributed by atoms with Crippen LogP contribution in [0.1, 0.15) is 42.5 Å². The summed E-state index contributed by atoms with van der Waals surface area (Å²) in [5.74, 6) is 0.843. The van der Waals surface area contributed by atoms with Gasteiger partial charge in [0, 0.05) is 44.1 Å². The van der Waals surface area contributed by atoms with Crippen molar-refractivity contribution in [3.8, 4) is 0 Å². The average molecular weight is 346 g/mol. The number of rotatable bonds is 5. The van der Waals surface area contributed by atoms with Gasteiger partial charge in [0.15, 0.2) is 0 Å². The van der Waals surface area contributed by atoms with E-state index < -0.39 is 0 Å². The molecule has 0 bridgehead atoms. The molecule has 3 aliphatic rings. The van der Waals surface area contributed by atoms with Crippen LogP contribution in [0.15, 0.2) is 23.0 Å². The predicted molar refractivity (Wildman–Crippen MR) is 91.0 cm³/mol. The fourth-order valence-corrected chi connectivity index (χ4v) is 3.94. The van der Waals surface area contributed by atoms with Gasteiger partial charge in [0.05, 0.1) is 18.4 Å². The van der Waals surface area contributed by atoms with Crippen molar-refractivity contribution < 1.29 is 18.7 Å². The number of amides is 2. The summed E-state index contributed by atoms with van der Waals surface area (Å²) in [6, 6.07) is 2.14. The van der Waals surface area contributed by atoms with Gasteiger partial charge in [-0.3, -0.25) is 9.59 Å². The number of furan rings is 1. The van der Waals surface area contributed by atoms with Crippen molar-refractivity contribution in [1.29, 1.82) is 0 Å².